The van der Waals surface area contributed by atoms with Gasteiger partial charge in [-0.25, -0.2) is 0 Å². The van der Waals surface area contributed by atoms with E-state index in [9.17, 15) is 19.7 Å². The average molecular weight is 216 g/mol. The zero-order valence-electron chi connectivity index (χ0n) is 9.15. The minimum atomic E-state index is -0.521. The van der Waals surface area contributed by atoms with Gasteiger partial charge in [0.05, 0.1) is 12.5 Å². The van der Waals surface area contributed by atoms with Gasteiger partial charge in [0.2, 0.25) is 12.5 Å². The summed E-state index contributed by atoms with van der Waals surface area (Å²) in [5, 5.41) is 12.8. The van der Waals surface area contributed by atoms with Crippen LogP contribution in [-0.2, 0) is 9.59 Å². The molecular weight excluding hydrogens is 200 g/mol. The summed E-state index contributed by atoms with van der Waals surface area (Å²) >= 11 is 0. The summed E-state index contributed by atoms with van der Waals surface area (Å²) in [5.41, 5.74) is 0. The van der Waals surface area contributed by atoms with Crippen molar-refractivity contribution in [1.82, 2.24) is 5.32 Å². The third kappa shape index (κ3) is 6.59. The standard InChI is InChI=1S/C9H16N2O4/c1-6(2)8(5-11(14)15)10-9(13)4-7(3)12/h6,8H,4-5H2,1-3H3,(H,10,13)/t8-/m1/s1. The fourth-order valence-electron chi connectivity index (χ4n) is 1.07. The summed E-state index contributed by atoms with van der Waals surface area (Å²) in [6.07, 6.45) is -0.221. The predicted molar refractivity (Wildman–Crippen MR) is 53.9 cm³/mol. The van der Waals surface area contributed by atoms with Crippen LogP contribution in [0, 0.1) is 16.0 Å². The molecule has 1 amide bonds. The van der Waals surface area contributed by atoms with E-state index in [1.54, 1.807) is 13.8 Å². The Bertz CT molecular complexity index is 263. The Morgan fingerprint density at radius 2 is 1.93 bits per heavy atom. The molecule has 0 aliphatic heterocycles. The van der Waals surface area contributed by atoms with Gasteiger partial charge in [0.25, 0.3) is 0 Å². The highest BCUT2D eigenvalue weighted by atomic mass is 16.6. The summed E-state index contributed by atoms with van der Waals surface area (Å²) in [5.74, 6) is -0.745. The average Bonchev–Trinajstić information content (AvgIpc) is 1.99. The van der Waals surface area contributed by atoms with E-state index in [-0.39, 0.29) is 24.7 Å². The Morgan fingerprint density at radius 3 is 2.27 bits per heavy atom. The second-order valence-electron chi connectivity index (χ2n) is 3.81. The van der Waals surface area contributed by atoms with Gasteiger partial charge in [-0.05, 0) is 12.8 Å². The molecule has 0 rings (SSSR count). The largest absolute Gasteiger partial charge is 0.346 e. The van der Waals surface area contributed by atoms with Crippen molar-refractivity contribution in [2.45, 2.75) is 33.2 Å². The molecule has 86 valence electrons. The van der Waals surface area contributed by atoms with Crippen molar-refractivity contribution in [3.8, 4) is 0 Å². The third-order valence-electron chi connectivity index (χ3n) is 1.91. The lowest BCUT2D eigenvalue weighted by Crippen LogP contribution is -2.43. The molecule has 0 saturated heterocycles. The maximum atomic E-state index is 11.2. The van der Waals surface area contributed by atoms with Crippen LogP contribution in [0.2, 0.25) is 0 Å². The van der Waals surface area contributed by atoms with Gasteiger partial charge < -0.3 is 5.32 Å². The van der Waals surface area contributed by atoms with E-state index in [2.05, 4.69) is 5.32 Å². The number of Topliss-reactive ketones (excluding diaryl/α,β-unsaturated/α-hetero) is 1. The summed E-state index contributed by atoms with van der Waals surface area (Å²) in [4.78, 5) is 31.7. The van der Waals surface area contributed by atoms with Gasteiger partial charge in [-0.3, -0.25) is 19.7 Å². The first-order chi connectivity index (χ1) is 6.82. The monoisotopic (exact) mass is 216 g/mol. The molecule has 0 saturated carbocycles. The van der Waals surface area contributed by atoms with Gasteiger partial charge >= 0.3 is 0 Å². The first-order valence-corrected chi connectivity index (χ1v) is 4.73. The summed E-state index contributed by atoms with van der Waals surface area (Å²) in [7, 11) is 0. The van der Waals surface area contributed by atoms with Crippen molar-refractivity contribution in [2.75, 3.05) is 6.54 Å². The minimum absolute atomic E-state index is 0.0358. The number of nitrogens with one attached hydrogen (secondary N) is 1. The quantitative estimate of drug-likeness (QED) is 0.395. The van der Waals surface area contributed by atoms with Crippen LogP contribution in [0.15, 0.2) is 0 Å². The van der Waals surface area contributed by atoms with Crippen molar-refractivity contribution in [3.63, 3.8) is 0 Å². The van der Waals surface area contributed by atoms with Crippen molar-refractivity contribution in [1.29, 1.82) is 0 Å². The molecule has 1 N–H and O–H groups in total. The number of hydrogen-bond acceptors (Lipinski definition) is 4. The summed E-state index contributed by atoms with van der Waals surface area (Å²) < 4.78 is 0. The zero-order valence-corrected chi connectivity index (χ0v) is 9.15. The van der Waals surface area contributed by atoms with Gasteiger partial charge in [-0.1, -0.05) is 13.8 Å². The lowest BCUT2D eigenvalue weighted by atomic mass is 10.0. The number of nitrogens with zero attached hydrogens (tertiary/aromatic N) is 1. The van der Waals surface area contributed by atoms with Crippen LogP contribution in [0.3, 0.4) is 0 Å². The smallest absolute Gasteiger partial charge is 0.227 e. The second-order valence-corrected chi connectivity index (χ2v) is 3.81. The number of ketones is 1. The Labute approximate surface area is 88.2 Å². The van der Waals surface area contributed by atoms with Crippen LogP contribution in [0.1, 0.15) is 27.2 Å². The van der Waals surface area contributed by atoms with Crippen LogP contribution in [0.4, 0.5) is 0 Å². The Morgan fingerprint density at radius 1 is 1.40 bits per heavy atom. The number of amides is 1. The first kappa shape index (κ1) is 13.5. The molecule has 0 unspecified atom stereocenters. The van der Waals surface area contributed by atoms with Crippen LogP contribution in [0.25, 0.3) is 0 Å². The van der Waals surface area contributed by atoms with Crippen molar-refractivity contribution in [3.05, 3.63) is 10.1 Å². The minimum Gasteiger partial charge on any atom is -0.346 e. The summed E-state index contributed by atoms with van der Waals surface area (Å²) in [6, 6.07) is -0.521. The molecule has 0 bridgehead atoms. The molecule has 0 fully saturated rings. The highest BCUT2D eigenvalue weighted by molar-refractivity contribution is 5.96. The summed E-state index contributed by atoms with van der Waals surface area (Å²) in [6.45, 7) is 4.54. The normalized spacial score (nSPS) is 12.3. The third-order valence-corrected chi connectivity index (χ3v) is 1.91. The number of rotatable bonds is 6. The second kappa shape index (κ2) is 6.10. The van der Waals surface area contributed by atoms with E-state index >= 15 is 0 Å². The van der Waals surface area contributed by atoms with E-state index in [4.69, 9.17) is 0 Å². The Balaban J connectivity index is 4.22. The van der Waals surface area contributed by atoms with Crippen LogP contribution >= 0.6 is 0 Å². The topological polar surface area (TPSA) is 89.3 Å². The number of carbonyl (C=O) groups excluding carboxylic acids is 2. The first-order valence-electron chi connectivity index (χ1n) is 4.73. The lowest BCUT2D eigenvalue weighted by Gasteiger charge is -2.17. The fraction of sp³-hybridized carbons (Fsp3) is 0.778. The number of carbonyl (C=O) groups is 2. The van der Waals surface area contributed by atoms with E-state index < -0.39 is 16.9 Å². The molecular formula is C9H16N2O4. The van der Waals surface area contributed by atoms with E-state index in [1.165, 1.54) is 6.92 Å². The van der Waals surface area contributed by atoms with Crippen molar-refractivity contribution in [2.24, 2.45) is 5.92 Å². The van der Waals surface area contributed by atoms with Gasteiger partial charge in [-0.2, -0.15) is 0 Å². The molecule has 15 heavy (non-hydrogen) atoms. The maximum Gasteiger partial charge on any atom is 0.227 e. The molecule has 0 aromatic carbocycles. The molecule has 6 heteroatoms. The molecule has 0 aromatic heterocycles. The van der Waals surface area contributed by atoms with E-state index in [0.29, 0.717) is 0 Å². The van der Waals surface area contributed by atoms with Gasteiger partial charge in [0.15, 0.2) is 0 Å². The highest BCUT2D eigenvalue weighted by Gasteiger charge is 2.21. The molecule has 6 nitrogen and oxygen atoms in total. The van der Waals surface area contributed by atoms with E-state index in [0.717, 1.165) is 0 Å². The SMILES string of the molecule is CC(=O)CC(=O)N[C@H](C[N+](=O)[O-])C(C)C. The molecule has 0 heterocycles. The van der Waals surface area contributed by atoms with Gasteiger partial charge in [0, 0.05) is 4.92 Å². The Hall–Kier alpha value is -1.46. The molecule has 0 spiro atoms. The van der Waals surface area contributed by atoms with Gasteiger partial charge in [0.1, 0.15) is 5.78 Å². The Kier molecular flexibility index (Phi) is 5.51. The molecule has 0 aliphatic rings. The lowest BCUT2D eigenvalue weighted by molar-refractivity contribution is -0.484. The number of nitro groups is 1. The van der Waals surface area contributed by atoms with E-state index in [1.807, 2.05) is 0 Å². The fourth-order valence-corrected chi connectivity index (χ4v) is 1.07. The molecule has 0 aromatic rings. The predicted octanol–water partition coefficient (Wildman–Crippen LogP) is 0.383. The van der Waals surface area contributed by atoms with Crippen LogP contribution in [0.5, 0.6) is 0 Å². The van der Waals surface area contributed by atoms with Crippen LogP contribution in [-0.4, -0.2) is 29.2 Å². The maximum absolute atomic E-state index is 11.2. The molecule has 0 aliphatic carbocycles. The van der Waals surface area contributed by atoms with Crippen LogP contribution < -0.4 is 5.32 Å². The number of hydrogen-bond donors (Lipinski definition) is 1. The van der Waals surface area contributed by atoms with Gasteiger partial charge in [-0.15, -0.1) is 0 Å². The van der Waals surface area contributed by atoms with Crippen molar-refractivity contribution >= 4 is 11.7 Å². The molecule has 0 radical (unpaired) electrons. The highest BCUT2D eigenvalue weighted by Crippen LogP contribution is 2.02. The molecule has 1 atom stereocenters. The van der Waals surface area contributed by atoms with Crippen molar-refractivity contribution < 1.29 is 14.5 Å². The zero-order chi connectivity index (χ0) is 12.0.